The number of rotatable bonds is 6. The minimum absolute atomic E-state index is 0.714. The van der Waals surface area contributed by atoms with E-state index < -0.39 is 0 Å². The van der Waals surface area contributed by atoms with Gasteiger partial charge in [0.15, 0.2) is 0 Å². The Morgan fingerprint density at radius 3 is 2.93 bits per heavy atom. The highest BCUT2D eigenvalue weighted by atomic mass is 79.9. The molecule has 1 saturated carbocycles. The number of thiophene rings is 1. The minimum Gasteiger partial charge on any atom is -0.309 e. The molecule has 0 aromatic carbocycles. The lowest BCUT2D eigenvalue weighted by atomic mass is 10.1. The Balaban J connectivity index is 1.77. The summed E-state index contributed by atoms with van der Waals surface area (Å²) in [5.74, 6) is 1.02. The first-order chi connectivity index (χ1) is 7.29. The lowest BCUT2D eigenvalue weighted by molar-refractivity contribution is 0.446. The molecule has 0 spiro atoms. The van der Waals surface area contributed by atoms with E-state index in [1.54, 1.807) is 0 Å². The van der Waals surface area contributed by atoms with Crippen molar-refractivity contribution < 1.29 is 0 Å². The summed E-state index contributed by atoms with van der Waals surface area (Å²) < 4.78 is 1.25. The quantitative estimate of drug-likeness (QED) is 0.828. The third-order valence-electron chi connectivity index (χ3n) is 3.05. The second-order valence-electron chi connectivity index (χ2n) is 4.36. The fourth-order valence-electron chi connectivity index (χ4n) is 1.84. The van der Waals surface area contributed by atoms with Gasteiger partial charge in [-0.05, 0) is 46.1 Å². The van der Waals surface area contributed by atoms with Crippen molar-refractivity contribution in [2.45, 2.75) is 45.2 Å². The Labute approximate surface area is 104 Å². The van der Waals surface area contributed by atoms with Gasteiger partial charge in [0.1, 0.15) is 0 Å². The molecule has 1 aromatic rings. The summed E-state index contributed by atoms with van der Waals surface area (Å²) in [5.41, 5.74) is 0. The van der Waals surface area contributed by atoms with Crippen molar-refractivity contribution in [3.05, 3.63) is 20.8 Å². The maximum absolute atomic E-state index is 3.66. The molecule has 1 aliphatic rings. The topological polar surface area (TPSA) is 12.0 Å². The highest BCUT2D eigenvalue weighted by Crippen LogP contribution is 2.34. The van der Waals surface area contributed by atoms with Gasteiger partial charge in [-0.1, -0.05) is 19.8 Å². The predicted molar refractivity (Wildman–Crippen MR) is 70.3 cm³/mol. The van der Waals surface area contributed by atoms with E-state index in [4.69, 9.17) is 0 Å². The van der Waals surface area contributed by atoms with Gasteiger partial charge in [-0.3, -0.25) is 0 Å². The van der Waals surface area contributed by atoms with E-state index in [2.05, 4.69) is 39.6 Å². The summed E-state index contributed by atoms with van der Waals surface area (Å²) in [4.78, 5) is 1.42. The normalized spacial score (nSPS) is 18.0. The third kappa shape index (κ3) is 3.58. The van der Waals surface area contributed by atoms with E-state index in [0.717, 1.165) is 12.5 Å². The largest absolute Gasteiger partial charge is 0.309 e. The molecule has 0 saturated heterocycles. The summed E-state index contributed by atoms with van der Waals surface area (Å²) in [5, 5.41) is 5.81. The van der Waals surface area contributed by atoms with Crippen molar-refractivity contribution >= 4 is 27.3 Å². The molecule has 2 rings (SSSR count). The standard InChI is InChI=1S/C12H18BrNS/c1-2-10(7-9-3-4-9)14-8-12-11(13)5-6-15-12/h5-6,9-10,14H,2-4,7-8H2,1H3. The van der Waals surface area contributed by atoms with E-state index in [-0.39, 0.29) is 0 Å². The van der Waals surface area contributed by atoms with Gasteiger partial charge in [0.25, 0.3) is 0 Å². The Bertz CT molecular complexity index is 306. The fraction of sp³-hybridized carbons (Fsp3) is 0.667. The van der Waals surface area contributed by atoms with Crippen LogP contribution in [0.1, 0.15) is 37.5 Å². The number of hydrogen-bond acceptors (Lipinski definition) is 2. The summed E-state index contributed by atoms with van der Waals surface area (Å²) in [6.45, 7) is 3.30. The molecular weight excluding hydrogens is 270 g/mol. The van der Waals surface area contributed by atoms with Gasteiger partial charge in [-0.25, -0.2) is 0 Å². The molecule has 1 heterocycles. The van der Waals surface area contributed by atoms with Gasteiger partial charge >= 0.3 is 0 Å². The Kier molecular flexibility index (Phi) is 4.23. The van der Waals surface area contributed by atoms with Crippen LogP contribution in [0.4, 0.5) is 0 Å². The maximum Gasteiger partial charge on any atom is 0.0327 e. The molecule has 0 amide bonds. The highest BCUT2D eigenvalue weighted by Gasteiger charge is 2.24. The smallest absolute Gasteiger partial charge is 0.0327 e. The average Bonchev–Trinajstić information content (AvgIpc) is 2.96. The molecule has 1 aliphatic carbocycles. The summed E-state index contributed by atoms with van der Waals surface area (Å²) in [6, 6.07) is 2.84. The SMILES string of the molecule is CCC(CC1CC1)NCc1sccc1Br. The predicted octanol–water partition coefficient (Wildman–Crippen LogP) is 4.18. The molecule has 1 atom stereocenters. The van der Waals surface area contributed by atoms with Crippen molar-refractivity contribution in [3.8, 4) is 0 Å². The molecule has 1 fully saturated rings. The second kappa shape index (κ2) is 5.46. The Morgan fingerprint density at radius 2 is 2.40 bits per heavy atom. The molecule has 0 radical (unpaired) electrons. The van der Waals surface area contributed by atoms with E-state index in [1.807, 2.05) is 11.3 Å². The van der Waals surface area contributed by atoms with Gasteiger partial charge in [0.2, 0.25) is 0 Å². The molecule has 1 nitrogen and oxygen atoms in total. The van der Waals surface area contributed by atoms with Crippen LogP contribution in [0.2, 0.25) is 0 Å². The lowest BCUT2D eigenvalue weighted by Crippen LogP contribution is -2.28. The summed E-state index contributed by atoms with van der Waals surface area (Å²) in [6.07, 6.45) is 5.54. The van der Waals surface area contributed by atoms with Gasteiger partial charge in [0.05, 0.1) is 0 Å². The van der Waals surface area contributed by atoms with Crippen molar-refractivity contribution in [2.75, 3.05) is 0 Å². The van der Waals surface area contributed by atoms with Crippen LogP contribution in [0.25, 0.3) is 0 Å². The Hall–Kier alpha value is 0.140. The fourth-order valence-corrected chi connectivity index (χ4v) is 3.28. The van der Waals surface area contributed by atoms with Gasteiger partial charge in [0, 0.05) is 21.9 Å². The molecular formula is C12H18BrNS. The molecule has 15 heavy (non-hydrogen) atoms. The highest BCUT2D eigenvalue weighted by molar-refractivity contribution is 9.10. The van der Waals surface area contributed by atoms with Crippen molar-refractivity contribution in [1.29, 1.82) is 0 Å². The van der Waals surface area contributed by atoms with E-state index in [1.165, 1.54) is 35.0 Å². The second-order valence-corrected chi connectivity index (χ2v) is 6.21. The summed E-state index contributed by atoms with van der Waals surface area (Å²) >= 11 is 5.40. The minimum atomic E-state index is 0.714. The monoisotopic (exact) mass is 287 g/mol. The molecule has 1 N–H and O–H groups in total. The van der Waals surface area contributed by atoms with Crippen LogP contribution in [0.3, 0.4) is 0 Å². The molecule has 3 heteroatoms. The van der Waals surface area contributed by atoms with Crippen LogP contribution >= 0.6 is 27.3 Å². The van der Waals surface area contributed by atoms with Crippen LogP contribution in [0.15, 0.2) is 15.9 Å². The first-order valence-corrected chi connectivity index (χ1v) is 7.42. The van der Waals surface area contributed by atoms with Crippen molar-refractivity contribution in [1.82, 2.24) is 5.32 Å². The third-order valence-corrected chi connectivity index (χ3v) is 4.98. The molecule has 0 aliphatic heterocycles. The lowest BCUT2D eigenvalue weighted by Gasteiger charge is -2.16. The van der Waals surface area contributed by atoms with Crippen LogP contribution in [-0.2, 0) is 6.54 Å². The zero-order chi connectivity index (χ0) is 10.7. The summed E-state index contributed by atoms with van der Waals surface area (Å²) in [7, 11) is 0. The van der Waals surface area contributed by atoms with Crippen LogP contribution < -0.4 is 5.32 Å². The van der Waals surface area contributed by atoms with Crippen molar-refractivity contribution in [3.63, 3.8) is 0 Å². The van der Waals surface area contributed by atoms with E-state index in [0.29, 0.717) is 6.04 Å². The number of hydrogen-bond donors (Lipinski definition) is 1. The van der Waals surface area contributed by atoms with Gasteiger partial charge in [-0.2, -0.15) is 0 Å². The molecule has 1 aromatic heterocycles. The van der Waals surface area contributed by atoms with E-state index >= 15 is 0 Å². The van der Waals surface area contributed by atoms with Crippen LogP contribution in [0, 0.1) is 5.92 Å². The molecule has 0 bridgehead atoms. The first-order valence-electron chi connectivity index (χ1n) is 5.74. The number of halogens is 1. The average molecular weight is 288 g/mol. The molecule has 1 unspecified atom stereocenters. The van der Waals surface area contributed by atoms with E-state index in [9.17, 15) is 0 Å². The van der Waals surface area contributed by atoms with Gasteiger partial charge < -0.3 is 5.32 Å². The number of nitrogens with one attached hydrogen (secondary N) is 1. The van der Waals surface area contributed by atoms with Gasteiger partial charge in [-0.15, -0.1) is 11.3 Å². The van der Waals surface area contributed by atoms with Crippen molar-refractivity contribution in [2.24, 2.45) is 5.92 Å². The maximum atomic E-state index is 3.66. The Morgan fingerprint density at radius 1 is 1.60 bits per heavy atom. The first kappa shape index (κ1) is 11.6. The van der Waals surface area contributed by atoms with Crippen LogP contribution in [-0.4, -0.2) is 6.04 Å². The zero-order valence-corrected chi connectivity index (χ0v) is 11.5. The zero-order valence-electron chi connectivity index (χ0n) is 9.13. The van der Waals surface area contributed by atoms with Crippen LogP contribution in [0.5, 0.6) is 0 Å². The molecule has 84 valence electrons.